The number of piperazine rings is 1. The molecule has 3 heterocycles. The zero-order valence-corrected chi connectivity index (χ0v) is 22.0. The van der Waals surface area contributed by atoms with Gasteiger partial charge in [-0.2, -0.15) is 0 Å². The fourth-order valence-corrected chi connectivity index (χ4v) is 5.79. The van der Waals surface area contributed by atoms with Crippen LogP contribution in [0.15, 0.2) is 42.5 Å². The molecule has 5 rings (SSSR count). The number of para-hydroxylation sites is 1. The average molecular weight is 506 g/mol. The van der Waals surface area contributed by atoms with Crippen LogP contribution >= 0.6 is 0 Å². The van der Waals surface area contributed by atoms with Crippen molar-refractivity contribution in [2.45, 2.75) is 38.1 Å². The molecule has 0 unspecified atom stereocenters. The Morgan fingerprint density at radius 3 is 2.65 bits per heavy atom. The number of aromatic amines is 1. The summed E-state index contributed by atoms with van der Waals surface area (Å²) in [4.78, 5) is 34.5. The summed E-state index contributed by atoms with van der Waals surface area (Å²) in [5.41, 5.74) is 2.69. The molecule has 0 radical (unpaired) electrons. The van der Waals surface area contributed by atoms with Crippen molar-refractivity contribution in [1.29, 1.82) is 0 Å². The number of carbonyl (C=O) groups excluding carboxylic acids is 2. The van der Waals surface area contributed by atoms with E-state index >= 15 is 0 Å². The molecule has 0 bridgehead atoms. The number of benzene rings is 2. The van der Waals surface area contributed by atoms with Crippen molar-refractivity contribution in [2.75, 3.05) is 47.1 Å². The molecule has 2 aliphatic rings. The first kappa shape index (κ1) is 25.1. The van der Waals surface area contributed by atoms with E-state index in [-0.39, 0.29) is 24.3 Å². The lowest BCUT2D eigenvalue weighted by Gasteiger charge is -2.51. The maximum Gasteiger partial charge on any atom is 0.254 e. The summed E-state index contributed by atoms with van der Waals surface area (Å²) in [6, 6.07) is 14.1. The van der Waals surface area contributed by atoms with Gasteiger partial charge in [-0.3, -0.25) is 9.59 Å². The second kappa shape index (κ2) is 10.1. The molecule has 3 aromatic rings. The molecule has 1 fully saturated rings. The van der Waals surface area contributed by atoms with Gasteiger partial charge in [0.1, 0.15) is 0 Å². The van der Waals surface area contributed by atoms with E-state index in [1.165, 1.54) is 0 Å². The Labute approximate surface area is 217 Å². The SMILES string of the molecule is CCCOc1ccc([C@@H]2CN3C(=O)CN(CCCOC)C(=O)[C@]3(C)c3[nH]c4ccccc4c32)cc1OC. The highest BCUT2D eigenvalue weighted by Crippen LogP contribution is 2.49. The Balaban J connectivity index is 1.63. The predicted octanol–water partition coefficient (Wildman–Crippen LogP) is 4.03. The number of ether oxygens (including phenoxy) is 3. The molecule has 8 heteroatoms. The molecule has 1 aromatic heterocycles. The van der Waals surface area contributed by atoms with E-state index in [4.69, 9.17) is 14.2 Å². The number of amides is 2. The summed E-state index contributed by atoms with van der Waals surface area (Å²) in [5.74, 6) is 1.11. The predicted molar refractivity (Wildman–Crippen MR) is 141 cm³/mol. The summed E-state index contributed by atoms with van der Waals surface area (Å²) in [5, 5.41) is 1.06. The number of nitrogens with zero attached hydrogens (tertiary/aromatic N) is 2. The van der Waals surface area contributed by atoms with Gasteiger partial charge in [0.2, 0.25) is 5.91 Å². The number of rotatable bonds is 9. The van der Waals surface area contributed by atoms with Gasteiger partial charge in [0, 0.05) is 43.6 Å². The van der Waals surface area contributed by atoms with Crippen LogP contribution in [-0.4, -0.2) is 73.7 Å². The molecule has 2 atom stereocenters. The summed E-state index contributed by atoms with van der Waals surface area (Å²) >= 11 is 0. The third-order valence-electron chi connectivity index (χ3n) is 7.65. The van der Waals surface area contributed by atoms with Crippen LogP contribution in [0.5, 0.6) is 11.5 Å². The zero-order chi connectivity index (χ0) is 26.2. The molecule has 2 amide bonds. The standard InChI is InChI=1S/C29H35N3O5/c1-5-14-37-23-12-11-19(16-24(23)36-4)21-17-32-25(33)18-31(13-8-15-35-3)28(34)29(32,2)27-26(21)20-9-6-7-10-22(20)30-27/h6-7,9-12,16,21,30H,5,8,13-15,17-18H2,1-4H3/t21-,29-/m0/s1. The number of nitrogens with one attached hydrogen (secondary N) is 1. The minimum atomic E-state index is -1.11. The van der Waals surface area contributed by atoms with E-state index in [1.807, 2.05) is 43.3 Å². The number of H-pyrrole nitrogens is 1. The van der Waals surface area contributed by atoms with E-state index in [1.54, 1.807) is 24.0 Å². The average Bonchev–Trinajstić information content (AvgIpc) is 3.31. The minimum absolute atomic E-state index is 0.0521. The van der Waals surface area contributed by atoms with Gasteiger partial charge in [-0.1, -0.05) is 31.2 Å². The molecule has 2 aromatic carbocycles. The van der Waals surface area contributed by atoms with Gasteiger partial charge in [-0.15, -0.1) is 0 Å². The van der Waals surface area contributed by atoms with Crippen molar-refractivity contribution < 1.29 is 23.8 Å². The number of fused-ring (bicyclic) bond motifs is 5. The Hall–Kier alpha value is -3.52. The molecule has 8 nitrogen and oxygen atoms in total. The lowest BCUT2D eigenvalue weighted by Crippen LogP contribution is -2.67. The van der Waals surface area contributed by atoms with E-state index in [2.05, 4.69) is 18.0 Å². The van der Waals surface area contributed by atoms with Crippen molar-refractivity contribution in [2.24, 2.45) is 0 Å². The zero-order valence-electron chi connectivity index (χ0n) is 22.0. The molecule has 37 heavy (non-hydrogen) atoms. The van der Waals surface area contributed by atoms with Crippen LogP contribution < -0.4 is 9.47 Å². The van der Waals surface area contributed by atoms with Gasteiger partial charge in [0.15, 0.2) is 17.0 Å². The normalized spacial score (nSPS) is 21.2. The highest BCUT2D eigenvalue weighted by molar-refractivity contribution is 6.01. The molecule has 1 N–H and O–H groups in total. The summed E-state index contributed by atoms with van der Waals surface area (Å²) in [6.45, 7) is 6.05. The van der Waals surface area contributed by atoms with Crippen LogP contribution in [-0.2, 0) is 19.9 Å². The first-order valence-corrected chi connectivity index (χ1v) is 12.9. The van der Waals surface area contributed by atoms with Crippen molar-refractivity contribution in [3.63, 3.8) is 0 Å². The third-order valence-corrected chi connectivity index (χ3v) is 7.65. The van der Waals surface area contributed by atoms with E-state index < -0.39 is 5.54 Å². The van der Waals surface area contributed by atoms with Gasteiger partial charge < -0.3 is 29.0 Å². The molecule has 0 saturated carbocycles. The Bertz CT molecular complexity index is 1320. The molecule has 2 aliphatic heterocycles. The first-order chi connectivity index (χ1) is 17.9. The Morgan fingerprint density at radius 1 is 1.08 bits per heavy atom. The second-order valence-electron chi connectivity index (χ2n) is 9.92. The maximum atomic E-state index is 14.0. The smallest absolute Gasteiger partial charge is 0.254 e. The van der Waals surface area contributed by atoms with Crippen molar-refractivity contribution in [3.8, 4) is 11.5 Å². The second-order valence-corrected chi connectivity index (χ2v) is 9.92. The quantitative estimate of drug-likeness (QED) is 0.444. The van der Waals surface area contributed by atoms with Gasteiger partial charge in [0.05, 0.1) is 26.0 Å². The van der Waals surface area contributed by atoms with Crippen LogP contribution in [0.2, 0.25) is 0 Å². The van der Waals surface area contributed by atoms with Gasteiger partial charge in [-0.25, -0.2) is 0 Å². The van der Waals surface area contributed by atoms with E-state index in [9.17, 15) is 9.59 Å². The fourth-order valence-electron chi connectivity index (χ4n) is 5.79. The first-order valence-electron chi connectivity index (χ1n) is 12.9. The Kier molecular flexibility index (Phi) is 6.86. The number of aromatic nitrogens is 1. The fraction of sp³-hybridized carbons (Fsp3) is 0.448. The van der Waals surface area contributed by atoms with Gasteiger partial charge in [-0.05, 0) is 49.1 Å². The summed E-state index contributed by atoms with van der Waals surface area (Å²) in [6.07, 6.45) is 1.58. The minimum Gasteiger partial charge on any atom is -0.493 e. The molecule has 0 aliphatic carbocycles. The van der Waals surface area contributed by atoms with Crippen molar-refractivity contribution in [3.05, 3.63) is 59.3 Å². The largest absolute Gasteiger partial charge is 0.493 e. The van der Waals surface area contributed by atoms with Gasteiger partial charge >= 0.3 is 0 Å². The number of methoxy groups -OCH3 is 2. The number of hydrogen-bond donors (Lipinski definition) is 1. The molecule has 0 spiro atoms. The van der Waals surface area contributed by atoms with Crippen molar-refractivity contribution >= 4 is 22.7 Å². The molecule has 1 saturated heterocycles. The highest BCUT2D eigenvalue weighted by atomic mass is 16.5. The molecular formula is C29H35N3O5. The van der Waals surface area contributed by atoms with Crippen molar-refractivity contribution in [1.82, 2.24) is 14.8 Å². The summed E-state index contributed by atoms with van der Waals surface area (Å²) in [7, 11) is 3.28. The summed E-state index contributed by atoms with van der Waals surface area (Å²) < 4.78 is 16.7. The van der Waals surface area contributed by atoms with Crippen LogP contribution in [0.1, 0.15) is 49.4 Å². The van der Waals surface area contributed by atoms with Gasteiger partial charge in [0.25, 0.3) is 5.91 Å². The molecule has 196 valence electrons. The van der Waals surface area contributed by atoms with Crippen LogP contribution in [0, 0.1) is 0 Å². The topological polar surface area (TPSA) is 84.1 Å². The van der Waals surface area contributed by atoms with E-state index in [0.29, 0.717) is 44.2 Å². The number of hydrogen-bond acceptors (Lipinski definition) is 5. The lowest BCUT2D eigenvalue weighted by atomic mass is 9.76. The monoisotopic (exact) mass is 505 g/mol. The van der Waals surface area contributed by atoms with Crippen LogP contribution in [0.4, 0.5) is 0 Å². The number of carbonyl (C=O) groups is 2. The van der Waals surface area contributed by atoms with E-state index in [0.717, 1.165) is 34.1 Å². The Morgan fingerprint density at radius 2 is 1.89 bits per heavy atom. The van der Waals surface area contributed by atoms with Crippen LogP contribution in [0.3, 0.4) is 0 Å². The van der Waals surface area contributed by atoms with Crippen LogP contribution in [0.25, 0.3) is 10.9 Å². The lowest BCUT2D eigenvalue weighted by molar-refractivity contribution is -0.166. The highest BCUT2D eigenvalue weighted by Gasteiger charge is 2.56. The maximum absolute atomic E-state index is 14.0. The third kappa shape index (κ3) is 4.13. The molecular weight excluding hydrogens is 470 g/mol.